The summed E-state index contributed by atoms with van der Waals surface area (Å²) in [4.78, 5) is 24.1. The monoisotopic (exact) mass is 336 g/mol. The maximum Gasteiger partial charge on any atom is 0.409 e. The van der Waals surface area contributed by atoms with Crippen LogP contribution in [0.25, 0.3) is 0 Å². The minimum Gasteiger partial charge on any atom is -0.342 e. The molecule has 0 aromatic carbocycles. The van der Waals surface area contributed by atoms with Crippen LogP contribution in [-0.2, 0) is 4.79 Å². The maximum atomic E-state index is 13.0. The lowest BCUT2D eigenvalue weighted by atomic mass is 9.86. The maximum absolute atomic E-state index is 13.0. The Bertz CT molecular complexity index is 507. The smallest absolute Gasteiger partial charge is 0.342 e. The second kappa shape index (κ2) is 6.68. The molecular weight excluding hydrogens is 317 g/mol. The summed E-state index contributed by atoms with van der Waals surface area (Å²) in [5.74, 6) is -1.36. The van der Waals surface area contributed by atoms with Crippen LogP contribution in [0.5, 0.6) is 0 Å². The number of alkyl halides is 3. The number of rotatable bonds is 4. The zero-order chi connectivity index (χ0) is 17.1. The van der Waals surface area contributed by atoms with Gasteiger partial charge in [-0.25, -0.2) is 0 Å². The summed E-state index contributed by atoms with van der Waals surface area (Å²) in [6.45, 7) is 5.51. The van der Waals surface area contributed by atoms with Crippen LogP contribution in [0, 0.1) is 5.41 Å². The van der Waals surface area contributed by atoms with Gasteiger partial charge in [0.2, 0.25) is 5.91 Å². The van der Waals surface area contributed by atoms with E-state index in [-0.39, 0.29) is 0 Å². The fraction of sp³-hybridized carbons (Fsp3) is 0.571. The Morgan fingerprint density at radius 2 is 1.77 bits per heavy atom. The first kappa shape index (κ1) is 18.5. The molecule has 2 amide bonds. The van der Waals surface area contributed by atoms with E-state index >= 15 is 0 Å². The van der Waals surface area contributed by atoms with E-state index in [4.69, 9.17) is 0 Å². The fourth-order valence-electron chi connectivity index (χ4n) is 1.80. The minimum absolute atomic E-state index is 0.392. The molecule has 0 aliphatic rings. The first-order valence-electron chi connectivity index (χ1n) is 6.64. The molecule has 4 nitrogen and oxygen atoms in total. The van der Waals surface area contributed by atoms with Crippen LogP contribution in [0.1, 0.15) is 37.4 Å². The highest BCUT2D eigenvalue weighted by Gasteiger charge is 2.48. The number of carbonyl (C=O) groups excluding carboxylic acids is 2. The van der Waals surface area contributed by atoms with Crippen molar-refractivity contribution in [1.82, 2.24) is 10.6 Å². The molecule has 124 valence electrons. The van der Waals surface area contributed by atoms with E-state index in [0.29, 0.717) is 4.88 Å². The van der Waals surface area contributed by atoms with Gasteiger partial charge in [0.15, 0.2) is 0 Å². The standard InChI is InChI=1S/C14H19F3N2O2S/c1-8(18-11(21)9-6-5-7-22-9)10(20)19-12(13(2,3)4)14(15,16)17/h5-8,12H,1-4H3,(H,18,21)(H,19,20)/t8-,12-/m0/s1. The van der Waals surface area contributed by atoms with Crippen molar-refractivity contribution in [1.29, 1.82) is 0 Å². The van der Waals surface area contributed by atoms with Gasteiger partial charge in [0.05, 0.1) is 4.88 Å². The lowest BCUT2D eigenvalue weighted by Gasteiger charge is -2.33. The van der Waals surface area contributed by atoms with E-state index < -0.39 is 35.5 Å². The van der Waals surface area contributed by atoms with Crippen LogP contribution in [0.3, 0.4) is 0 Å². The molecule has 0 saturated carbocycles. The third kappa shape index (κ3) is 5.01. The Balaban J connectivity index is 2.72. The average molecular weight is 336 g/mol. The Hall–Kier alpha value is -1.57. The highest BCUT2D eigenvalue weighted by molar-refractivity contribution is 7.12. The van der Waals surface area contributed by atoms with Crippen LogP contribution in [-0.4, -0.2) is 30.1 Å². The third-order valence-electron chi connectivity index (χ3n) is 2.97. The lowest BCUT2D eigenvalue weighted by molar-refractivity contribution is -0.181. The van der Waals surface area contributed by atoms with Crippen molar-refractivity contribution in [2.24, 2.45) is 5.41 Å². The van der Waals surface area contributed by atoms with Crippen LogP contribution in [0.15, 0.2) is 17.5 Å². The quantitative estimate of drug-likeness (QED) is 0.888. The molecule has 8 heteroatoms. The Kier molecular flexibility index (Phi) is 5.61. The number of halogens is 3. The molecule has 2 atom stereocenters. The van der Waals surface area contributed by atoms with Gasteiger partial charge in [0.1, 0.15) is 12.1 Å². The van der Waals surface area contributed by atoms with Crippen molar-refractivity contribution < 1.29 is 22.8 Å². The molecular formula is C14H19F3N2O2S. The van der Waals surface area contributed by atoms with Crippen molar-refractivity contribution in [2.75, 3.05) is 0 Å². The molecule has 1 heterocycles. The summed E-state index contributed by atoms with van der Waals surface area (Å²) in [5, 5.41) is 6.05. The largest absolute Gasteiger partial charge is 0.409 e. The molecule has 0 aliphatic carbocycles. The van der Waals surface area contributed by atoms with Crippen LogP contribution >= 0.6 is 11.3 Å². The Morgan fingerprint density at radius 3 is 2.18 bits per heavy atom. The molecule has 1 aromatic rings. The first-order chi connectivity index (χ1) is 9.93. The molecule has 2 N–H and O–H groups in total. The van der Waals surface area contributed by atoms with Gasteiger partial charge in [0.25, 0.3) is 5.91 Å². The Morgan fingerprint density at radius 1 is 1.18 bits per heavy atom. The predicted molar refractivity (Wildman–Crippen MR) is 78.7 cm³/mol. The highest BCUT2D eigenvalue weighted by atomic mass is 32.1. The Labute approximate surface area is 131 Å². The molecule has 0 saturated heterocycles. The van der Waals surface area contributed by atoms with E-state index in [0.717, 1.165) is 0 Å². The van der Waals surface area contributed by atoms with Crippen LogP contribution in [0.4, 0.5) is 13.2 Å². The lowest BCUT2D eigenvalue weighted by Crippen LogP contribution is -2.57. The summed E-state index contributed by atoms with van der Waals surface area (Å²) in [6.07, 6.45) is -4.56. The number of hydrogen-bond acceptors (Lipinski definition) is 3. The molecule has 0 bridgehead atoms. The van der Waals surface area contributed by atoms with Gasteiger partial charge in [-0.05, 0) is 23.8 Å². The van der Waals surface area contributed by atoms with Crippen molar-refractivity contribution >= 4 is 23.2 Å². The van der Waals surface area contributed by atoms with Gasteiger partial charge in [-0.15, -0.1) is 11.3 Å². The highest BCUT2D eigenvalue weighted by Crippen LogP contribution is 2.33. The number of carbonyl (C=O) groups is 2. The van der Waals surface area contributed by atoms with Crippen LogP contribution < -0.4 is 10.6 Å². The van der Waals surface area contributed by atoms with Gasteiger partial charge >= 0.3 is 6.18 Å². The molecule has 0 aliphatic heterocycles. The second-order valence-electron chi connectivity index (χ2n) is 6.02. The fourth-order valence-corrected chi connectivity index (χ4v) is 2.42. The number of amides is 2. The third-order valence-corrected chi connectivity index (χ3v) is 3.83. The van der Waals surface area contributed by atoms with E-state index in [1.807, 2.05) is 5.32 Å². The SMILES string of the molecule is C[C@H](NC(=O)c1cccs1)C(=O)N[C@@H](C(C)(C)C)C(F)(F)F. The zero-order valence-electron chi connectivity index (χ0n) is 12.7. The predicted octanol–water partition coefficient (Wildman–Crippen LogP) is 2.96. The summed E-state index contributed by atoms with van der Waals surface area (Å²) in [7, 11) is 0. The van der Waals surface area contributed by atoms with Crippen LogP contribution in [0.2, 0.25) is 0 Å². The zero-order valence-corrected chi connectivity index (χ0v) is 13.6. The second-order valence-corrected chi connectivity index (χ2v) is 6.97. The number of thiophene rings is 1. The van der Waals surface area contributed by atoms with Gasteiger partial charge in [-0.3, -0.25) is 9.59 Å². The first-order valence-corrected chi connectivity index (χ1v) is 7.52. The minimum atomic E-state index is -4.56. The average Bonchev–Trinajstić information content (AvgIpc) is 2.86. The molecule has 22 heavy (non-hydrogen) atoms. The normalized spacial score (nSPS) is 15.0. The van der Waals surface area contributed by atoms with Gasteiger partial charge in [0, 0.05) is 0 Å². The number of hydrogen-bond donors (Lipinski definition) is 2. The topological polar surface area (TPSA) is 58.2 Å². The van der Waals surface area contributed by atoms with Gasteiger partial charge in [-0.2, -0.15) is 13.2 Å². The summed E-state index contributed by atoms with van der Waals surface area (Å²) < 4.78 is 39.1. The summed E-state index contributed by atoms with van der Waals surface area (Å²) in [6, 6.07) is 0.178. The van der Waals surface area contributed by atoms with E-state index in [1.165, 1.54) is 39.0 Å². The van der Waals surface area contributed by atoms with E-state index in [9.17, 15) is 22.8 Å². The molecule has 0 unspecified atom stereocenters. The summed E-state index contributed by atoms with van der Waals surface area (Å²) in [5.41, 5.74) is -1.19. The van der Waals surface area contributed by atoms with Crippen molar-refractivity contribution in [3.63, 3.8) is 0 Å². The number of nitrogens with one attached hydrogen (secondary N) is 2. The summed E-state index contributed by atoms with van der Waals surface area (Å²) >= 11 is 1.18. The van der Waals surface area contributed by atoms with E-state index in [2.05, 4.69) is 5.32 Å². The van der Waals surface area contributed by atoms with Crippen molar-refractivity contribution in [3.05, 3.63) is 22.4 Å². The van der Waals surface area contributed by atoms with Gasteiger partial charge in [-0.1, -0.05) is 26.8 Å². The molecule has 0 fully saturated rings. The molecule has 1 aromatic heterocycles. The molecule has 0 spiro atoms. The van der Waals surface area contributed by atoms with Crippen molar-refractivity contribution in [3.8, 4) is 0 Å². The van der Waals surface area contributed by atoms with Gasteiger partial charge < -0.3 is 10.6 Å². The molecule has 0 radical (unpaired) electrons. The molecule has 1 rings (SSSR count). The van der Waals surface area contributed by atoms with Crippen molar-refractivity contribution in [2.45, 2.75) is 46.0 Å². The van der Waals surface area contributed by atoms with E-state index in [1.54, 1.807) is 17.5 Å².